The number of aromatic nitrogens is 2. The first kappa shape index (κ1) is 22.6. The van der Waals surface area contributed by atoms with Crippen LogP contribution in [0.5, 0.6) is 11.5 Å². The summed E-state index contributed by atoms with van der Waals surface area (Å²) in [7, 11) is 3.25. The summed E-state index contributed by atoms with van der Waals surface area (Å²) in [6.45, 7) is 4.05. The molecule has 172 valence electrons. The maximum Gasteiger partial charge on any atom is 0.223 e. The lowest BCUT2D eigenvalue weighted by atomic mass is 9.95. The third-order valence-corrected chi connectivity index (χ3v) is 6.10. The topological polar surface area (TPSA) is 76.6 Å². The fourth-order valence-electron chi connectivity index (χ4n) is 4.20. The van der Waals surface area contributed by atoms with Crippen molar-refractivity contribution >= 4 is 11.7 Å². The molecule has 33 heavy (non-hydrogen) atoms. The second-order valence-electron chi connectivity index (χ2n) is 8.29. The number of anilines is 1. The van der Waals surface area contributed by atoms with E-state index in [-0.39, 0.29) is 11.8 Å². The molecule has 1 N–H and O–H groups in total. The molecular weight excluding hydrogens is 416 g/mol. The van der Waals surface area contributed by atoms with Crippen molar-refractivity contribution in [1.29, 1.82) is 0 Å². The lowest BCUT2D eigenvalue weighted by molar-refractivity contribution is -0.125. The smallest absolute Gasteiger partial charge is 0.223 e. The molecule has 0 spiro atoms. The number of hydrogen-bond acceptors (Lipinski definition) is 6. The molecule has 4 rings (SSSR count). The zero-order valence-corrected chi connectivity index (χ0v) is 19.4. The predicted octanol–water partition coefficient (Wildman–Crippen LogP) is 4.00. The zero-order chi connectivity index (χ0) is 23.2. The summed E-state index contributed by atoms with van der Waals surface area (Å²) >= 11 is 0. The minimum atomic E-state index is -0.0177. The Hall–Kier alpha value is -3.61. The summed E-state index contributed by atoms with van der Waals surface area (Å²) < 4.78 is 10.7. The highest BCUT2D eigenvalue weighted by Gasteiger charge is 2.26. The van der Waals surface area contributed by atoms with E-state index in [9.17, 15) is 4.79 Å². The van der Waals surface area contributed by atoms with Gasteiger partial charge in [-0.3, -0.25) is 4.79 Å². The van der Waals surface area contributed by atoms with Crippen LogP contribution in [-0.4, -0.2) is 43.2 Å². The molecule has 0 atom stereocenters. The molecule has 1 fully saturated rings. The third-order valence-electron chi connectivity index (χ3n) is 6.10. The number of methoxy groups -OCH3 is 2. The number of hydrogen-bond donors (Lipinski definition) is 1. The van der Waals surface area contributed by atoms with Gasteiger partial charge in [0.05, 0.1) is 19.9 Å². The largest absolute Gasteiger partial charge is 0.497 e. The van der Waals surface area contributed by atoms with E-state index in [2.05, 4.69) is 45.3 Å². The first-order valence-electron chi connectivity index (χ1n) is 11.2. The molecule has 2 aromatic carbocycles. The normalized spacial score (nSPS) is 14.1. The molecule has 1 aliphatic rings. The van der Waals surface area contributed by atoms with E-state index in [4.69, 9.17) is 9.47 Å². The summed E-state index contributed by atoms with van der Waals surface area (Å²) in [5.74, 6) is 2.43. The van der Waals surface area contributed by atoms with Gasteiger partial charge >= 0.3 is 0 Å². The highest BCUT2D eigenvalue weighted by atomic mass is 16.5. The predicted molar refractivity (Wildman–Crippen MR) is 129 cm³/mol. The molecule has 0 bridgehead atoms. The van der Waals surface area contributed by atoms with Crippen LogP contribution >= 0.6 is 0 Å². The number of nitrogens with one attached hydrogen (secondary N) is 1. The van der Waals surface area contributed by atoms with Crippen LogP contribution in [0.3, 0.4) is 0 Å². The SMILES string of the molecule is COc1ccc(OC)c(CNC(=O)C2CCN(c3cc(-c4cccc(C)c4)ncn3)CC2)c1. The highest BCUT2D eigenvalue weighted by Crippen LogP contribution is 2.27. The molecule has 1 aromatic heterocycles. The Morgan fingerprint density at radius 2 is 1.88 bits per heavy atom. The number of amides is 1. The second kappa shape index (κ2) is 10.3. The quantitative estimate of drug-likeness (QED) is 0.591. The van der Waals surface area contributed by atoms with Crippen molar-refractivity contribution in [1.82, 2.24) is 15.3 Å². The Labute approximate surface area is 194 Å². The zero-order valence-electron chi connectivity index (χ0n) is 19.4. The van der Waals surface area contributed by atoms with Gasteiger partial charge in [-0.05, 0) is 44.0 Å². The average Bonchev–Trinajstić information content (AvgIpc) is 2.87. The van der Waals surface area contributed by atoms with Crippen LogP contribution in [-0.2, 0) is 11.3 Å². The fraction of sp³-hybridized carbons (Fsp3) is 0.346. The standard InChI is InChI=1S/C26H30N4O3/c1-18-5-4-6-20(13-18)23-15-25(29-17-28-23)30-11-9-19(10-12-30)26(31)27-16-21-14-22(32-2)7-8-24(21)33-3/h4-8,13-15,17,19H,9-12,16H2,1-3H3,(H,27,31). The van der Waals surface area contributed by atoms with Gasteiger partial charge in [-0.2, -0.15) is 0 Å². The van der Waals surface area contributed by atoms with Gasteiger partial charge in [-0.1, -0.05) is 23.8 Å². The van der Waals surface area contributed by atoms with Gasteiger partial charge in [0, 0.05) is 42.7 Å². The molecule has 7 heteroatoms. The number of carbonyl (C=O) groups excluding carboxylic acids is 1. The minimum Gasteiger partial charge on any atom is -0.497 e. The fourth-order valence-corrected chi connectivity index (χ4v) is 4.20. The molecule has 0 radical (unpaired) electrons. The van der Waals surface area contributed by atoms with Crippen molar-refractivity contribution in [2.24, 2.45) is 5.92 Å². The van der Waals surface area contributed by atoms with Gasteiger partial charge in [0.25, 0.3) is 0 Å². The number of ether oxygens (including phenoxy) is 2. The van der Waals surface area contributed by atoms with Crippen molar-refractivity contribution in [3.63, 3.8) is 0 Å². The Morgan fingerprint density at radius 3 is 2.61 bits per heavy atom. The van der Waals surface area contributed by atoms with Gasteiger partial charge in [0.2, 0.25) is 5.91 Å². The molecule has 7 nitrogen and oxygen atoms in total. The summed E-state index contributed by atoms with van der Waals surface area (Å²) in [6, 6.07) is 15.9. The van der Waals surface area contributed by atoms with Gasteiger partial charge in [-0.15, -0.1) is 0 Å². The first-order chi connectivity index (χ1) is 16.1. The molecule has 0 unspecified atom stereocenters. The maximum atomic E-state index is 12.8. The van der Waals surface area contributed by atoms with Gasteiger partial charge in [-0.25, -0.2) is 9.97 Å². The monoisotopic (exact) mass is 446 g/mol. The van der Waals surface area contributed by atoms with E-state index in [0.717, 1.165) is 60.1 Å². The molecule has 1 aliphatic heterocycles. The summed E-state index contributed by atoms with van der Waals surface area (Å²) in [5.41, 5.74) is 4.09. The van der Waals surface area contributed by atoms with Gasteiger partial charge in [0.15, 0.2) is 0 Å². The van der Waals surface area contributed by atoms with E-state index in [1.165, 1.54) is 5.56 Å². The molecule has 1 amide bonds. The second-order valence-corrected chi connectivity index (χ2v) is 8.29. The van der Waals surface area contributed by atoms with E-state index in [0.29, 0.717) is 6.54 Å². The van der Waals surface area contributed by atoms with E-state index in [1.807, 2.05) is 30.3 Å². The Bertz CT molecular complexity index is 1110. The van der Waals surface area contributed by atoms with Crippen molar-refractivity contribution in [3.8, 4) is 22.8 Å². The van der Waals surface area contributed by atoms with Crippen LogP contribution in [0.15, 0.2) is 54.9 Å². The molecule has 2 heterocycles. The minimum absolute atomic E-state index is 0.0177. The van der Waals surface area contributed by atoms with Crippen LogP contribution in [0, 0.1) is 12.8 Å². The first-order valence-corrected chi connectivity index (χ1v) is 11.2. The summed E-state index contributed by atoms with van der Waals surface area (Å²) in [4.78, 5) is 24.0. The van der Waals surface area contributed by atoms with E-state index in [1.54, 1.807) is 20.5 Å². The third kappa shape index (κ3) is 5.42. The number of carbonyl (C=O) groups is 1. The molecule has 0 aliphatic carbocycles. The van der Waals surface area contributed by atoms with Crippen molar-refractivity contribution < 1.29 is 14.3 Å². The summed E-state index contributed by atoms with van der Waals surface area (Å²) in [5, 5.41) is 3.07. The van der Waals surface area contributed by atoms with E-state index >= 15 is 0 Å². The number of aryl methyl sites for hydroxylation is 1. The van der Waals surface area contributed by atoms with Crippen LogP contribution in [0.2, 0.25) is 0 Å². The number of rotatable bonds is 7. The van der Waals surface area contributed by atoms with Gasteiger partial charge < -0.3 is 19.7 Å². The van der Waals surface area contributed by atoms with Gasteiger partial charge in [0.1, 0.15) is 23.6 Å². The maximum absolute atomic E-state index is 12.8. The Kier molecular flexibility index (Phi) is 7.07. The molecule has 0 saturated carbocycles. The van der Waals surface area contributed by atoms with Crippen molar-refractivity contribution in [2.75, 3.05) is 32.2 Å². The van der Waals surface area contributed by atoms with Crippen LogP contribution in [0.25, 0.3) is 11.3 Å². The Balaban J connectivity index is 1.35. The average molecular weight is 447 g/mol. The lowest BCUT2D eigenvalue weighted by Crippen LogP contribution is -2.40. The molecule has 3 aromatic rings. The van der Waals surface area contributed by atoms with Crippen LogP contribution < -0.4 is 19.7 Å². The highest BCUT2D eigenvalue weighted by molar-refractivity contribution is 5.79. The molecular formula is C26H30N4O3. The molecule has 1 saturated heterocycles. The Morgan fingerprint density at radius 1 is 1.06 bits per heavy atom. The van der Waals surface area contributed by atoms with E-state index < -0.39 is 0 Å². The van der Waals surface area contributed by atoms with Crippen LogP contribution in [0.1, 0.15) is 24.0 Å². The number of benzene rings is 2. The lowest BCUT2D eigenvalue weighted by Gasteiger charge is -2.32. The van der Waals surface area contributed by atoms with Crippen molar-refractivity contribution in [3.05, 3.63) is 66.0 Å². The van der Waals surface area contributed by atoms with Crippen molar-refractivity contribution in [2.45, 2.75) is 26.3 Å². The number of nitrogens with zero attached hydrogens (tertiary/aromatic N) is 3. The van der Waals surface area contributed by atoms with Crippen LogP contribution in [0.4, 0.5) is 5.82 Å². The number of piperidine rings is 1. The summed E-state index contributed by atoms with van der Waals surface area (Å²) in [6.07, 6.45) is 3.18.